The minimum absolute atomic E-state index is 0.0817. The number of nitro groups is 1. The molecule has 1 amide bonds. The summed E-state index contributed by atoms with van der Waals surface area (Å²) in [6, 6.07) is 4.12. The number of likely N-dealkylation sites (tertiary alicyclic amines) is 1. The van der Waals surface area contributed by atoms with Gasteiger partial charge < -0.3 is 20.1 Å². The Hall–Kier alpha value is -3.02. The number of hydrogen-bond donors (Lipinski definition) is 0. The molecule has 1 fully saturated rings. The predicted octanol–water partition coefficient (Wildman–Crippen LogP) is 3.93. The van der Waals surface area contributed by atoms with Crippen LogP contribution in [0.25, 0.3) is 5.73 Å². The zero-order valence-electron chi connectivity index (χ0n) is 14.9. The highest BCUT2D eigenvalue weighted by atomic mass is 16.6. The topological polar surface area (TPSA) is 130 Å². The van der Waals surface area contributed by atoms with Crippen molar-refractivity contribution in [1.29, 1.82) is 5.26 Å². The van der Waals surface area contributed by atoms with Crippen molar-refractivity contribution in [1.82, 2.24) is 4.90 Å². The van der Waals surface area contributed by atoms with Crippen molar-refractivity contribution in [3.05, 3.63) is 33.5 Å². The van der Waals surface area contributed by atoms with Crippen molar-refractivity contribution in [2.24, 2.45) is 0 Å². The van der Waals surface area contributed by atoms with E-state index in [0.717, 1.165) is 6.07 Å². The molecule has 0 saturated carbocycles. The molecule has 0 radical (unpaired) electrons. The van der Waals surface area contributed by atoms with Gasteiger partial charge in [-0.05, 0) is 20.8 Å². The van der Waals surface area contributed by atoms with Crippen molar-refractivity contribution in [2.45, 2.75) is 45.3 Å². The first-order chi connectivity index (χ1) is 12.1. The van der Waals surface area contributed by atoms with Crippen LogP contribution in [0.5, 0.6) is 5.75 Å². The van der Waals surface area contributed by atoms with Gasteiger partial charge in [0.25, 0.3) is 5.69 Å². The molecular formula is C17H21N4O5-. The average molecular weight is 361 g/mol. The number of amides is 1. The molecule has 9 heteroatoms. The van der Waals surface area contributed by atoms with Crippen molar-refractivity contribution in [2.75, 3.05) is 13.1 Å². The van der Waals surface area contributed by atoms with Crippen LogP contribution < -0.4 is 4.74 Å². The van der Waals surface area contributed by atoms with Gasteiger partial charge in [-0.3, -0.25) is 10.1 Å². The van der Waals surface area contributed by atoms with Crippen LogP contribution in [-0.2, 0) is 4.74 Å². The normalized spacial score (nSPS) is 15.2. The fraction of sp³-hybridized carbons (Fsp3) is 0.529. The van der Waals surface area contributed by atoms with Gasteiger partial charge >= 0.3 is 6.09 Å². The maximum absolute atomic E-state index is 12.1. The van der Waals surface area contributed by atoms with E-state index in [4.69, 9.17) is 15.2 Å². The maximum atomic E-state index is 12.1. The van der Waals surface area contributed by atoms with Crippen LogP contribution in [0.2, 0.25) is 0 Å². The van der Waals surface area contributed by atoms with Crippen molar-refractivity contribution < 1.29 is 19.2 Å². The SMILES string of the molecule is CC(C)(C)OC(=O)N1CCC(Oc2c([NH-])ccc([N+](=O)[O-])c2C#N)CC1. The Morgan fingerprint density at radius 3 is 2.50 bits per heavy atom. The lowest BCUT2D eigenvalue weighted by Crippen LogP contribution is -2.44. The van der Waals surface area contributed by atoms with Crippen molar-refractivity contribution >= 4 is 17.5 Å². The Morgan fingerprint density at radius 1 is 1.38 bits per heavy atom. The fourth-order valence-corrected chi connectivity index (χ4v) is 2.60. The second kappa shape index (κ2) is 7.47. The second-order valence-corrected chi connectivity index (χ2v) is 6.99. The minimum Gasteiger partial charge on any atom is -0.696 e. The number of benzene rings is 1. The summed E-state index contributed by atoms with van der Waals surface area (Å²) in [5, 5.41) is 20.3. The van der Waals surface area contributed by atoms with E-state index in [9.17, 15) is 20.2 Å². The largest absolute Gasteiger partial charge is 0.696 e. The second-order valence-electron chi connectivity index (χ2n) is 6.99. The van der Waals surface area contributed by atoms with Gasteiger partial charge in [0.1, 0.15) is 23.5 Å². The van der Waals surface area contributed by atoms with E-state index in [1.807, 2.05) is 0 Å². The number of nitriles is 1. The summed E-state index contributed by atoms with van der Waals surface area (Å²) in [6.45, 7) is 6.19. The first-order valence-corrected chi connectivity index (χ1v) is 8.20. The number of nitrogens with one attached hydrogen (secondary N) is 1. The third-order valence-electron chi connectivity index (χ3n) is 3.82. The van der Waals surface area contributed by atoms with Crippen molar-refractivity contribution in [3.8, 4) is 11.8 Å². The molecule has 0 atom stereocenters. The van der Waals surface area contributed by atoms with Crippen LogP contribution in [0.3, 0.4) is 0 Å². The first-order valence-electron chi connectivity index (χ1n) is 8.20. The predicted molar refractivity (Wildman–Crippen MR) is 93.3 cm³/mol. The van der Waals surface area contributed by atoms with Gasteiger partial charge in [-0.25, -0.2) is 4.79 Å². The molecule has 0 aromatic heterocycles. The number of rotatable bonds is 3. The molecule has 9 nitrogen and oxygen atoms in total. The molecule has 0 unspecified atom stereocenters. The van der Waals surface area contributed by atoms with Gasteiger partial charge in [-0.1, -0.05) is 11.8 Å². The summed E-state index contributed by atoms with van der Waals surface area (Å²) in [4.78, 5) is 24.0. The molecule has 1 aromatic carbocycles. The molecule has 1 aliphatic rings. The summed E-state index contributed by atoms with van der Waals surface area (Å²) >= 11 is 0. The fourth-order valence-electron chi connectivity index (χ4n) is 2.60. The van der Waals surface area contributed by atoms with Crippen LogP contribution in [-0.4, -0.2) is 40.7 Å². The molecule has 26 heavy (non-hydrogen) atoms. The average Bonchev–Trinajstić information content (AvgIpc) is 2.55. The number of hydrogen-bond acceptors (Lipinski definition) is 6. The smallest absolute Gasteiger partial charge is 0.410 e. The molecule has 1 saturated heterocycles. The van der Waals surface area contributed by atoms with E-state index in [-0.39, 0.29) is 28.8 Å². The van der Waals surface area contributed by atoms with Gasteiger partial charge in [0.2, 0.25) is 0 Å². The molecule has 2 rings (SSSR count). The van der Waals surface area contributed by atoms with E-state index < -0.39 is 16.6 Å². The first kappa shape index (κ1) is 19.3. The highest BCUT2D eigenvalue weighted by molar-refractivity contribution is 5.70. The summed E-state index contributed by atoms with van der Waals surface area (Å²) in [5.74, 6) is -0.0857. The lowest BCUT2D eigenvalue weighted by molar-refractivity contribution is -0.385. The highest BCUT2D eigenvalue weighted by Crippen LogP contribution is 2.38. The van der Waals surface area contributed by atoms with Gasteiger partial charge in [0.15, 0.2) is 5.56 Å². The lowest BCUT2D eigenvalue weighted by atomic mass is 10.1. The highest BCUT2D eigenvalue weighted by Gasteiger charge is 2.29. The molecule has 1 N–H and O–H groups in total. The Labute approximate surface area is 151 Å². The molecule has 1 aliphatic heterocycles. The van der Waals surface area contributed by atoms with Crippen LogP contribution in [0.15, 0.2) is 12.1 Å². The summed E-state index contributed by atoms with van der Waals surface area (Å²) in [7, 11) is 0. The van der Waals surface area contributed by atoms with Crippen LogP contribution >= 0.6 is 0 Å². The number of carbonyl (C=O) groups excluding carboxylic acids is 1. The van der Waals surface area contributed by atoms with E-state index in [1.54, 1.807) is 31.7 Å². The number of carbonyl (C=O) groups is 1. The van der Waals surface area contributed by atoms with E-state index in [1.165, 1.54) is 6.07 Å². The van der Waals surface area contributed by atoms with Gasteiger partial charge in [-0.15, -0.1) is 0 Å². The Morgan fingerprint density at radius 2 is 2.00 bits per heavy atom. The Kier molecular flexibility index (Phi) is 5.55. The van der Waals surface area contributed by atoms with Crippen LogP contribution in [0.1, 0.15) is 39.2 Å². The third-order valence-corrected chi connectivity index (χ3v) is 3.82. The van der Waals surface area contributed by atoms with Crippen LogP contribution in [0, 0.1) is 21.4 Å². The Balaban J connectivity index is 2.06. The quantitative estimate of drug-likeness (QED) is 0.592. The van der Waals surface area contributed by atoms with E-state index in [2.05, 4.69) is 0 Å². The maximum Gasteiger partial charge on any atom is 0.410 e. The molecule has 0 bridgehead atoms. The van der Waals surface area contributed by atoms with E-state index >= 15 is 0 Å². The molecule has 0 aliphatic carbocycles. The van der Waals surface area contributed by atoms with Crippen LogP contribution in [0.4, 0.5) is 16.2 Å². The summed E-state index contributed by atoms with van der Waals surface area (Å²) < 4.78 is 11.1. The molecular weight excluding hydrogens is 340 g/mol. The molecule has 140 valence electrons. The minimum atomic E-state index is -0.671. The standard InChI is InChI=1S/C17H21N4O5/c1-17(2,3)26-16(22)20-8-6-11(7-9-20)25-15-12(10-18)14(21(23)24)5-4-13(15)19/h4-5,11,19H,6-9H2,1-3H3/q-1. The van der Waals surface area contributed by atoms with Gasteiger partial charge in [0.05, 0.1) is 4.92 Å². The molecule has 0 spiro atoms. The molecule has 1 aromatic rings. The van der Waals surface area contributed by atoms with Gasteiger partial charge in [-0.2, -0.15) is 5.26 Å². The van der Waals surface area contributed by atoms with E-state index in [0.29, 0.717) is 25.9 Å². The number of piperidine rings is 1. The summed E-state index contributed by atoms with van der Waals surface area (Å²) in [5.41, 5.74) is 6.60. The molecule has 1 heterocycles. The number of ether oxygens (including phenoxy) is 2. The monoisotopic (exact) mass is 361 g/mol. The summed E-state index contributed by atoms with van der Waals surface area (Å²) in [6.07, 6.45) is 0.218. The van der Waals surface area contributed by atoms with Crippen molar-refractivity contribution in [3.63, 3.8) is 0 Å². The Bertz CT molecular complexity index is 743. The number of nitrogens with zero attached hydrogens (tertiary/aromatic N) is 3. The third kappa shape index (κ3) is 4.53. The number of nitro benzene ring substituents is 1. The zero-order chi connectivity index (χ0) is 19.5. The lowest BCUT2D eigenvalue weighted by Gasteiger charge is -2.34. The zero-order valence-corrected chi connectivity index (χ0v) is 14.9. The van der Waals surface area contributed by atoms with Gasteiger partial charge in [0, 0.05) is 32.0 Å².